The van der Waals surface area contributed by atoms with E-state index in [0.717, 1.165) is 0 Å². The molecule has 1 heterocycles. The van der Waals surface area contributed by atoms with Crippen LogP contribution in [0, 0.1) is 5.41 Å². The molecule has 0 unspecified atom stereocenters. The van der Waals surface area contributed by atoms with Crippen LogP contribution < -0.4 is 0 Å². The molecule has 2 nitrogen and oxygen atoms in total. The molecule has 4 heteroatoms. The highest BCUT2D eigenvalue weighted by molar-refractivity contribution is 7.93. The highest BCUT2D eigenvalue weighted by Crippen LogP contribution is 2.43. The van der Waals surface area contributed by atoms with Gasteiger partial charge in [-0.05, 0) is 25.2 Å². The average Bonchev–Trinajstić information content (AvgIpc) is 2.10. The first-order chi connectivity index (χ1) is 6.72. The molecule has 0 N–H and O–H groups in total. The Kier molecular flexibility index (Phi) is 3.49. The summed E-state index contributed by atoms with van der Waals surface area (Å²) in [7, 11) is -2.09. The van der Waals surface area contributed by atoms with Gasteiger partial charge < -0.3 is 0 Å². The zero-order valence-electron chi connectivity index (χ0n) is 10.2. The molecule has 0 saturated carbocycles. The van der Waals surface area contributed by atoms with Crippen molar-refractivity contribution in [2.24, 2.45) is 9.78 Å². The van der Waals surface area contributed by atoms with Crippen LogP contribution in [0.5, 0.6) is 0 Å². The zero-order valence-corrected chi connectivity index (χ0v) is 11.0. The number of alkyl halides is 1. The first kappa shape index (κ1) is 12.9. The lowest BCUT2D eigenvalue weighted by molar-refractivity contribution is 0.0200. The summed E-state index contributed by atoms with van der Waals surface area (Å²) in [5.74, 6) is 0.850. The fraction of sp³-hybridized carbons (Fsp3) is 1.00. The third-order valence-corrected chi connectivity index (χ3v) is 5.76. The Hall–Kier alpha value is -0.120. The van der Waals surface area contributed by atoms with Gasteiger partial charge in [-0.3, -0.25) is 0 Å². The molecular weight excluding hydrogens is 213 g/mol. The Morgan fingerprint density at radius 3 is 2.13 bits per heavy atom. The Labute approximate surface area is 92.8 Å². The minimum absolute atomic E-state index is 0.361. The van der Waals surface area contributed by atoms with Crippen LogP contribution in [0.4, 0.5) is 4.39 Å². The maximum Gasteiger partial charge on any atom is 0.117 e. The Bertz CT molecular complexity index is 323. The molecule has 0 bridgehead atoms. The van der Waals surface area contributed by atoms with Crippen molar-refractivity contribution in [2.75, 3.05) is 18.1 Å². The SMILES string of the molecule is CCN=S1(=O)CCC(F)(C(C)(C)C)CC1. The van der Waals surface area contributed by atoms with E-state index in [2.05, 4.69) is 4.36 Å². The van der Waals surface area contributed by atoms with Crippen molar-refractivity contribution in [3.05, 3.63) is 0 Å². The summed E-state index contributed by atoms with van der Waals surface area (Å²) in [5, 5.41) is 0. The van der Waals surface area contributed by atoms with Gasteiger partial charge in [-0.1, -0.05) is 20.8 Å². The van der Waals surface area contributed by atoms with Crippen molar-refractivity contribution in [3.8, 4) is 0 Å². The molecule has 0 spiro atoms. The van der Waals surface area contributed by atoms with Gasteiger partial charge >= 0.3 is 0 Å². The lowest BCUT2D eigenvalue weighted by Crippen LogP contribution is -2.45. The first-order valence-electron chi connectivity index (χ1n) is 5.60. The molecule has 0 aromatic carbocycles. The number of nitrogens with zero attached hydrogens (tertiary/aromatic N) is 1. The molecule has 15 heavy (non-hydrogen) atoms. The van der Waals surface area contributed by atoms with Gasteiger partial charge in [-0.2, -0.15) is 0 Å². The Balaban J connectivity index is 2.80. The summed E-state index contributed by atoms with van der Waals surface area (Å²) >= 11 is 0. The number of halogens is 1. The quantitative estimate of drug-likeness (QED) is 0.687. The molecule has 0 aromatic rings. The van der Waals surface area contributed by atoms with Gasteiger partial charge in [0.1, 0.15) is 5.67 Å². The van der Waals surface area contributed by atoms with Gasteiger partial charge in [0.25, 0.3) is 0 Å². The van der Waals surface area contributed by atoms with Crippen LogP contribution in [0.2, 0.25) is 0 Å². The lowest BCUT2D eigenvalue weighted by Gasteiger charge is -2.41. The topological polar surface area (TPSA) is 29.4 Å². The van der Waals surface area contributed by atoms with Crippen molar-refractivity contribution >= 4 is 9.73 Å². The van der Waals surface area contributed by atoms with E-state index in [-0.39, 0.29) is 5.41 Å². The molecule has 1 fully saturated rings. The predicted octanol–water partition coefficient (Wildman–Crippen LogP) is 3.02. The molecule has 0 aromatic heterocycles. The van der Waals surface area contributed by atoms with Crippen LogP contribution >= 0.6 is 0 Å². The molecule has 0 amide bonds. The van der Waals surface area contributed by atoms with Gasteiger partial charge in [0.2, 0.25) is 0 Å². The predicted molar refractivity (Wildman–Crippen MR) is 63.4 cm³/mol. The Morgan fingerprint density at radius 1 is 1.33 bits per heavy atom. The standard InChI is InChI=1S/C11H22FNOS/c1-5-13-15(14)8-6-11(12,7-9-15)10(2,3)4/h5-9H2,1-4H3. The van der Waals surface area contributed by atoms with Crippen LogP contribution in [0.25, 0.3) is 0 Å². The summed E-state index contributed by atoms with van der Waals surface area (Å²) in [6.07, 6.45) is 0.775. The second kappa shape index (κ2) is 4.04. The van der Waals surface area contributed by atoms with E-state index in [9.17, 15) is 8.60 Å². The van der Waals surface area contributed by atoms with Crippen LogP contribution in [-0.2, 0) is 9.73 Å². The number of rotatable bonds is 1. The largest absolute Gasteiger partial charge is 0.250 e. The van der Waals surface area contributed by atoms with Gasteiger partial charge in [0.15, 0.2) is 0 Å². The van der Waals surface area contributed by atoms with E-state index in [4.69, 9.17) is 0 Å². The van der Waals surface area contributed by atoms with Crippen molar-refractivity contribution in [1.29, 1.82) is 0 Å². The van der Waals surface area contributed by atoms with Gasteiger partial charge in [-0.15, -0.1) is 0 Å². The molecule has 90 valence electrons. The normalized spacial score (nSPS) is 37.7. The number of hydrogen-bond acceptors (Lipinski definition) is 2. The monoisotopic (exact) mass is 235 g/mol. The van der Waals surface area contributed by atoms with Gasteiger partial charge in [-0.25, -0.2) is 13.0 Å². The fourth-order valence-corrected chi connectivity index (χ4v) is 4.20. The smallest absolute Gasteiger partial charge is 0.117 e. The minimum Gasteiger partial charge on any atom is -0.250 e. The minimum atomic E-state index is -2.09. The first-order valence-corrected chi connectivity index (χ1v) is 7.45. The van der Waals surface area contributed by atoms with E-state index >= 15 is 0 Å². The van der Waals surface area contributed by atoms with Crippen molar-refractivity contribution in [1.82, 2.24) is 0 Å². The molecule has 0 atom stereocenters. The fourth-order valence-electron chi connectivity index (χ4n) is 1.98. The second-order valence-corrected chi connectivity index (χ2v) is 7.96. The van der Waals surface area contributed by atoms with Crippen molar-refractivity contribution in [2.45, 2.75) is 46.2 Å². The molecule has 0 aliphatic carbocycles. The highest BCUT2D eigenvalue weighted by atomic mass is 32.2. The summed E-state index contributed by atoms with van der Waals surface area (Å²) in [5.41, 5.74) is -1.53. The molecule has 1 saturated heterocycles. The van der Waals surface area contributed by atoms with E-state index in [1.807, 2.05) is 27.7 Å². The summed E-state index contributed by atoms with van der Waals surface area (Å²) in [6.45, 7) is 8.20. The van der Waals surface area contributed by atoms with Gasteiger partial charge in [0.05, 0.1) is 0 Å². The van der Waals surface area contributed by atoms with Crippen LogP contribution in [0.15, 0.2) is 4.36 Å². The van der Waals surface area contributed by atoms with Gasteiger partial charge in [0, 0.05) is 27.8 Å². The van der Waals surface area contributed by atoms with Crippen molar-refractivity contribution < 1.29 is 8.60 Å². The maximum absolute atomic E-state index is 14.5. The molecule has 1 rings (SSSR count). The maximum atomic E-state index is 14.5. The molecule has 1 aliphatic heterocycles. The molecule has 1 aliphatic rings. The summed E-state index contributed by atoms with van der Waals surface area (Å²) < 4.78 is 30.7. The van der Waals surface area contributed by atoms with Crippen LogP contribution in [-0.4, -0.2) is 27.9 Å². The number of hydrogen-bond donors (Lipinski definition) is 0. The molecule has 0 radical (unpaired) electrons. The third-order valence-electron chi connectivity index (χ3n) is 3.34. The van der Waals surface area contributed by atoms with Crippen LogP contribution in [0.3, 0.4) is 0 Å². The van der Waals surface area contributed by atoms with E-state index < -0.39 is 15.4 Å². The summed E-state index contributed by atoms with van der Waals surface area (Å²) in [6, 6.07) is 0. The lowest BCUT2D eigenvalue weighted by atomic mass is 9.74. The third kappa shape index (κ3) is 2.71. The van der Waals surface area contributed by atoms with E-state index in [0.29, 0.717) is 30.9 Å². The summed E-state index contributed by atoms with van der Waals surface area (Å²) in [4.78, 5) is 0. The van der Waals surface area contributed by atoms with E-state index in [1.54, 1.807) is 0 Å². The van der Waals surface area contributed by atoms with Crippen LogP contribution in [0.1, 0.15) is 40.5 Å². The Morgan fingerprint density at radius 2 is 1.80 bits per heavy atom. The highest BCUT2D eigenvalue weighted by Gasteiger charge is 2.45. The second-order valence-electron chi connectivity index (χ2n) is 5.34. The van der Waals surface area contributed by atoms with Crippen molar-refractivity contribution in [3.63, 3.8) is 0 Å². The average molecular weight is 235 g/mol. The zero-order chi connectivity index (χ0) is 11.7. The molecular formula is C11H22FNOS. The van der Waals surface area contributed by atoms with E-state index in [1.165, 1.54) is 0 Å².